The number of hydrogen-bond acceptors (Lipinski definition) is 12. The van der Waals surface area contributed by atoms with Crippen LogP contribution in [0.15, 0.2) is 48.5 Å². The molecular formula is C33H38N2O13. The molecule has 2 aromatic carbocycles. The normalized spacial score (nSPS) is 22.6. The number of carbonyl (C=O) groups excluding carboxylic acids is 5. The molecule has 4 rings (SSSR count). The molecule has 15 heteroatoms. The van der Waals surface area contributed by atoms with Gasteiger partial charge in [-0.2, -0.15) is 0 Å². The van der Waals surface area contributed by atoms with E-state index in [0.717, 1.165) is 49.9 Å². The molecule has 0 unspecified atom stereocenters. The highest BCUT2D eigenvalue weighted by Crippen LogP contribution is 2.44. The molecule has 0 radical (unpaired) electrons. The second-order valence-electron chi connectivity index (χ2n) is 11.3. The number of esters is 3. The van der Waals surface area contributed by atoms with Gasteiger partial charge in [0.15, 0.2) is 24.5 Å². The Morgan fingerprint density at radius 3 is 1.88 bits per heavy atom. The maximum absolute atomic E-state index is 13.0. The summed E-state index contributed by atoms with van der Waals surface area (Å²) in [6.07, 6.45) is -7.98. The molecule has 0 bridgehead atoms. The highest BCUT2D eigenvalue weighted by Gasteiger charge is 2.52. The number of hydrogen-bond donors (Lipinski definition) is 3. The van der Waals surface area contributed by atoms with Crippen LogP contribution in [0.5, 0.6) is 0 Å². The van der Waals surface area contributed by atoms with Crippen LogP contribution in [0.2, 0.25) is 0 Å². The lowest BCUT2D eigenvalue weighted by molar-refractivity contribution is -0.287. The largest absolute Gasteiger partial charge is 0.480 e. The van der Waals surface area contributed by atoms with Gasteiger partial charge in [-0.05, 0) is 29.2 Å². The van der Waals surface area contributed by atoms with Crippen molar-refractivity contribution in [2.75, 3.05) is 13.2 Å². The Morgan fingerprint density at radius 2 is 1.35 bits per heavy atom. The van der Waals surface area contributed by atoms with Gasteiger partial charge in [0.25, 0.3) is 0 Å². The van der Waals surface area contributed by atoms with Gasteiger partial charge >= 0.3 is 30.0 Å². The average molecular weight is 671 g/mol. The molecule has 2 aliphatic rings. The summed E-state index contributed by atoms with van der Waals surface area (Å²) < 4.78 is 33.2. The minimum absolute atomic E-state index is 0.0722. The molecule has 258 valence electrons. The van der Waals surface area contributed by atoms with E-state index in [9.17, 15) is 33.9 Å². The predicted octanol–water partition coefficient (Wildman–Crippen LogP) is 2.04. The van der Waals surface area contributed by atoms with Gasteiger partial charge in [0.2, 0.25) is 5.91 Å². The van der Waals surface area contributed by atoms with Gasteiger partial charge in [0, 0.05) is 33.6 Å². The summed E-state index contributed by atoms with van der Waals surface area (Å²) in [5, 5.41) is 14.9. The number of alkyl carbamates (subject to hydrolysis) is 1. The van der Waals surface area contributed by atoms with E-state index >= 15 is 0 Å². The van der Waals surface area contributed by atoms with Crippen molar-refractivity contribution in [1.29, 1.82) is 0 Å². The van der Waals surface area contributed by atoms with Crippen molar-refractivity contribution < 1.29 is 62.3 Å². The van der Waals surface area contributed by atoms with Gasteiger partial charge in [0.1, 0.15) is 25.4 Å². The number of ether oxygens (including phenoxy) is 6. The van der Waals surface area contributed by atoms with Gasteiger partial charge in [0.05, 0.1) is 6.10 Å². The quantitative estimate of drug-likeness (QED) is 0.219. The van der Waals surface area contributed by atoms with Crippen LogP contribution in [0.1, 0.15) is 51.7 Å². The van der Waals surface area contributed by atoms with Crippen LogP contribution in [0.25, 0.3) is 11.1 Å². The maximum Gasteiger partial charge on any atom is 0.407 e. The third-order valence-electron chi connectivity index (χ3n) is 7.77. The van der Waals surface area contributed by atoms with E-state index in [1.54, 1.807) is 0 Å². The molecule has 0 saturated carbocycles. The first-order chi connectivity index (χ1) is 22.8. The maximum atomic E-state index is 13.0. The number of nitrogens with one attached hydrogen (secondary N) is 2. The molecule has 7 atom stereocenters. The van der Waals surface area contributed by atoms with Crippen molar-refractivity contribution in [2.45, 2.75) is 83.3 Å². The molecule has 48 heavy (non-hydrogen) atoms. The van der Waals surface area contributed by atoms with Crippen LogP contribution < -0.4 is 10.6 Å². The summed E-state index contributed by atoms with van der Waals surface area (Å²) >= 11 is 0. The van der Waals surface area contributed by atoms with Crippen LogP contribution >= 0.6 is 0 Å². The van der Waals surface area contributed by atoms with Crippen LogP contribution in [-0.2, 0) is 52.4 Å². The Hall–Kier alpha value is -5.02. The SMILES string of the molecule is CC(=O)N[C@H]1[C@H](O[C@H](C)[C@H](NC(=O)OCC2c3ccccc3-c3ccccc32)C(=O)O)O[C@H](COC(C)=O)[C@H](OC(C)=O)[C@H]1OC(C)=O. The monoisotopic (exact) mass is 670 g/mol. The Morgan fingerprint density at radius 1 is 0.792 bits per heavy atom. The third-order valence-corrected chi connectivity index (χ3v) is 7.77. The molecule has 3 N–H and O–H groups in total. The lowest BCUT2D eigenvalue weighted by Crippen LogP contribution is -2.67. The summed E-state index contributed by atoms with van der Waals surface area (Å²) in [5.41, 5.74) is 3.97. The highest BCUT2D eigenvalue weighted by atomic mass is 16.7. The second kappa shape index (κ2) is 15.7. The van der Waals surface area contributed by atoms with Crippen molar-refractivity contribution >= 4 is 35.9 Å². The minimum Gasteiger partial charge on any atom is -0.480 e. The number of carboxylic acids is 1. The Bertz CT molecular complexity index is 1500. The molecule has 1 aliphatic carbocycles. The molecule has 0 aromatic heterocycles. The van der Waals surface area contributed by atoms with E-state index in [1.165, 1.54) is 6.92 Å². The zero-order chi connectivity index (χ0) is 35.1. The summed E-state index contributed by atoms with van der Waals surface area (Å²) in [7, 11) is 0. The molecule has 1 aliphatic heterocycles. The topological polar surface area (TPSA) is 202 Å². The van der Waals surface area contributed by atoms with Crippen molar-refractivity contribution in [3.8, 4) is 11.1 Å². The Balaban J connectivity index is 1.52. The molecule has 1 fully saturated rings. The first kappa shape index (κ1) is 35.8. The summed E-state index contributed by atoms with van der Waals surface area (Å²) in [4.78, 5) is 73.2. The summed E-state index contributed by atoms with van der Waals surface area (Å²) in [6, 6.07) is 12.4. The summed E-state index contributed by atoms with van der Waals surface area (Å²) in [5.74, 6) is -4.67. The van der Waals surface area contributed by atoms with E-state index in [2.05, 4.69) is 10.6 Å². The van der Waals surface area contributed by atoms with Crippen LogP contribution in [0.4, 0.5) is 4.79 Å². The van der Waals surface area contributed by atoms with Crippen molar-refractivity contribution in [3.05, 3.63) is 59.7 Å². The fourth-order valence-corrected chi connectivity index (χ4v) is 5.84. The van der Waals surface area contributed by atoms with E-state index in [4.69, 9.17) is 28.4 Å². The van der Waals surface area contributed by atoms with Gasteiger partial charge in [-0.25, -0.2) is 9.59 Å². The first-order valence-electron chi connectivity index (χ1n) is 15.2. The van der Waals surface area contributed by atoms with Crippen LogP contribution in [0, 0.1) is 0 Å². The number of carbonyl (C=O) groups is 6. The van der Waals surface area contributed by atoms with Gasteiger partial charge in [-0.1, -0.05) is 48.5 Å². The van der Waals surface area contributed by atoms with E-state index < -0.39 is 85.3 Å². The Kier molecular flexibility index (Phi) is 11.7. The molecule has 15 nitrogen and oxygen atoms in total. The molecule has 0 spiro atoms. The van der Waals surface area contributed by atoms with E-state index in [1.807, 2.05) is 48.5 Å². The van der Waals surface area contributed by atoms with Gasteiger partial charge in [-0.15, -0.1) is 0 Å². The number of aliphatic carboxylic acids is 1. The molecule has 1 saturated heterocycles. The fourth-order valence-electron chi connectivity index (χ4n) is 5.84. The Labute approximate surface area is 276 Å². The molecule has 2 aromatic rings. The lowest BCUT2D eigenvalue weighted by Gasteiger charge is -2.45. The smallest absolute Gasteiger partial charge is 0.407 e. The van der Waals surface area contributed by atoms with Crippen molar-refractivity contribution in [3.63, 3.8) is 0 Å². The fraction of sp³-hybridized carbons (Fsp3) is 0.455. The lowest BCUT2D eigenvalue weighted by atomic mass is 9.95. The number of amides is 2. The standard InChI is InChI=1S/C33H38N2O13/c1-16(27(31(40)41)35-33(42)44-14-25-23-12-8-6-10-21(23)22-11-7-9-13-24(22)25)45-32-28(34-17(2)36)30(47-20(5)39)29(46-19(4)38)26(48-32)15-43-18(3)37/h6-13,16,25-30,32H,14-15H2,1-5H3,(H,34,36)(H,35,42)(H,40,41)/t16-,26-,27+,28-,29+,30+,32-/m1/s1. The van der Waals surface area contributed by atoms with Crippen molar-refractivity contribution in [1.82, 2.24) is 10.6 Å². The molecule has 2 amide bonds. The summed E-state index contributed by atoms with van der Waals surface area (Å²) in [6.45, 7) is 5.26. The van der Waals surface area contributed by atoms with Gasteiger partial charge in [-0.3, -0.25) is 19.2 Å². The number of fused-ring (bicyclic) bond motifs is 3. The molecular weight excluding hydrogens is 632 g/mol. The van der Waals surface area contributed by atoms with Crippen molar-refractivity contribution in [2.24, 2.45) is 0 Å². The molecule has 1 heterocycles. The first-order valence-corrected chi connectivity index (χ1v) is 15.2. The second-order valence-corrected chi connectivity index (χ2v) is 11.3. The zero-order valence-corrected chi connectivity index (χ0v) is 27.0. The third kappa shape index (κ3) is 8.66. The highest BCUT2D eigenvalue weighted by molar-refractivity contribution is 5.81. The number of carboxylic acid groups (broad SMARTS) is 1. The van der Waals surface area contributed by atoms with E-state index in [-0.39, 0.29) is 12.5 Å². The number of benzene rings is 2. The average Bonchev–Trinajstić information content (AvgIpc) is 3.33. The minimum atomic E-state index is -1.69. The van der Waals surface area contributed by atoms with Crippen LogP contribution in [0.3, 0.4) is 0 Å². The zero-order valence-electron chi connectivity index (χ0n) is 27.0. The predicted molar refractivity (Wildman–Crippen MR) is 164 cm³/mol. The van der Waals surface area contributed by atoms with Gasteiger partial charge < -0.3 is 44.2 Å². The number of rotatable bonds is 12. The van der Waals surface area contributed by atoms with Crippen LogP contribution in [-0.4, -0.2) is 97.0 Å². The van der Waals surface area contributed by atoms with E-state index in [0.29, 0.717) is 0 Å².